The molecule has 0 spiro atoms. The van der Waals surface area contributed by atoms with Gasteiger partial charge in [0.1, 0.15) is 0 Å². The number of rotatable bonds is 6. The normalized spacial score (nSPS) is 11.0. The van der Waals surface area contributed by atoms with E-state index in [1.807, 2.05) is 0 Å². The largest absolute Gasteiger partial charge is 0.381 e. The Morgan fingerprint density at radius 3 is 1.17 bits per heavy atom. The van der Waals surface area contributed by atoms with Crippen molar-refractivity contribution < 1.29 is 4.74 Å². The van der Waals surface area contributed by atoms with Gasteiger partial charge in [-0.15, -0.1) is 0 Å². The molecule has 1 heteroatoms. The maximum Gasteiger partial charge on any atom is 0.0506 e. The van der Waals surface area contributed by atoms with Crippen molar-refractivity contribution in [2.75, 3.05) is 13.2 Å². The molecule has 0 atom stereocenters. The summed E-state index contributed by atoms with van der Waals surface area (Å²) in [5.74, 6) is 0. The Morgan fingerprint density at radius 2 is 0.870 bits per heavy atom. The lowest BCUT2D eigenvalue weighted by molar-refractivity contribution is 0.140. The van der Waals surface area contributed by atoms with Crippen molar-refractivity contribution >= 4 is 0 Å². The van der Waals surface area contributed by atoms with Crippen LogP contribution in [-0.4, -0.2) is 13.2 Å². The fraction of sp³-hybridized carbons (Fsp3) is 0.455. The standard InChI is InChI=1S/C22H30O/c1-15-11-17(3)21(18(4)12-15)7-9-23-10-8-22-19(5)13-16(2)14-20(22)6/h11-14H,7-10H2,1-6H3. The first-order chi connectivity index (χ1) is 10.9. The molecular formula is C22H30O. The van der Waals surface area contributed by atoms with E-state index < -0.39 is 0 Å². The fourth-order valence-electron chi connectivity index (χ4n) is 3.66. The quantitative estimate of drug-likeness (QED) is 0.654. The van der Waals surface area contributed by atoms with Crippen molar-refractivity contribution in [3.05, 3.63) is 68.8 Å². The summed E-state index contributed by atoms with van der Waals surface area (Å²) >= 11 is 0. The van der Waals surface area contributed by atoms with Gasteiger partial charge < -0.3 is 4.74 Å². The number of benzene rings is 2. The van der Waals surface area contributed by atoms with Crippen LogP contribution >= 0.6 is 0 Å². The molecule has 0 heterocycles. The highest BCUT2D eigenvalue weighted by Gasteiger charge is 2.06. The van der Waals surface area contributed by atoms with Gasteiger partial charge in [-0.05, 0) is 87.8 Å². The Morgan fingerprint density at radius 1 is 0.565 bits per heavy atom. The molecule has 0 aliphatic rings. The maximum atomic E-state index is 5.92. The number of hydrogen-bond donors (Lipinski definition) is 0. The van der Waals surface area contributed by atoms with Gasteiger partial charge in [-0.1, -0.05) is 35.4 Å². The molecule has 0 amide bonds. The summed E-state index contributed by atoms with van der Waals surface area (Å²) in [4.78, 5) is 0. The van der Waals surface area contributed by atoms with Gasteiger partial charge in [0.05, 0.1) is 13.2 Å². The lowest BCUT2D eigenvalue weighted by Gasteiger charge is -2.13. The highest BCUT2D eigenvalue weighted by atomic mass is 16.5. The average molecular weight is 310 g/mol. The Labute approximate surface area is 141 Å². The van der Waals surface area contributed by atoms with Gasteiger partial charge in [0.25, 0.3) is 0 Å². The number of ether oxygens (including phenoxy) is 1. The summed E-state index contributed by atoms with van der Waals surface area (Å²) in [5.41, 5.74) is 11.1. The Bertz CT molecular complexity index is 577. The van der Waals surface area contributed by atoms with Crippen molar-refractivity contribution in [1.82, 2.24) is 0 Å². The van der Waals surface area contributed by atoms with E-state index in [-0.39, 0.29) is 0 Å². The Hall–Kier alpha value is -1.60. The van der Waals surface area contributed by atoms with Crippen molar-refractivity contribution in [3.8, 4) is 0 Å². The Kier molecular flexibility index (Phi) is 6.01. The molecular weight excluding hydrogens is 280 g/mol. The van der Waals surface area contributed by atoms with Gasteiger partial charge in [0.15, 0.2) is 0 Å². The zero-order chi connectivity index (χ0) is 17.0. The van der Waals surface area contributed by atoms with E-state index in [0.29, 0.717) is 0 Å². The minimum absolute atomic E-state index is 0.800. The summed E-state index contributed by atoms with van der Waals surface area (Å²) in [5, 5.41) is 0. The van der Waals surface area contributed by atoms with Crippen LogP contribution in [0.1, 0.15) is 44.5 Å². The third-order valence-electron chi connectivity index (χ3n) is 4.67. The van der Waals surface area contributed by atoms with Crippen LogP contribution in [0.25, 0.3) is 0 Å². The van der Waals surface area contributed by atoms with E-state index in [2.05, 4.69) is 65.8 Å². The zero-order valence-corrected chi connectivity index (χ0v) is 15.5. The van der Waals surface area contributed by atoms with Crippen molar-refractivity contribution in [1.29, 1.82) is 0 Å². The second kappa shape index (κ2) is 7.79. The van der Waals surface area contributed by atoms with E-state index in [1.165, 1.54) is 44.5 Å². The van der Waals surface area contributed by atoms with Crippen LogP contribution in [0.5, 0.6) is 0 Å². The van der Waals surface area contributed by atoms with E-state index in [4.69, 9.17) is 4.74 Å². The predicted molar refractivity (Wildman–Crippen MR) is 99.5 cm³/mol. The first-order valence-corrected chi connectivity index (χ1v) is 8.59. The third kappa shape index (κ3) is 4.68. The average Bonchev–Trinajstić information content (AvgIpc) is 2.42. The minimum Gasteiger partial charge on any atom is -0.381 e. The summed E-state index contributed by atoms with van der Waals surface area (Å²) in [6.45, 7) is 14.7. The van der Waals surface area contributed by atoms with Gasteiger partial charge in [-0.2, -0.15) is 0 Å². The van der Waals surface area contributed by atoms with E-state index in [9.17, 15) is 0 Å². The van der Waals surface area contributed by atoms with E-state index in [1.54, 1.807) is 0 Å². The van der Waals surface area contributed by atoms with Gasteiger partial charge in [-0.25, -0.2) is 0 Å². The molecule has 23 heavy (non-hydrogen) atoms. The summed E-state index contributed by atoms with van der Waals surface area (Å²) in [6, 6.07) is 9.06. The van der Waals surface area contributed by atoms with Gasteiger partial charge in [0.2, 0.25) is 0 Å². The minimum atomic E-state index is 0.800. The molecule has 0 radical (unpaired) electrons. The molecule has 2 aromatic carbocycles. The Balaban J connectivity index is 1.85. The SMILES string of the molecule is Cc1cc(C)c(CCOCCc2c(C)cc(C)cc2C)c(C)c1. The molecule has 0 N–H and O–H groups in total. The first kappa shape index (κ1) is 17.7. The second-order valence-electron chi connectivity index (χ2n) is 6.87. The van der Waals surface area contributed by atoms with Crippen molar-refractivity contribution in [2.45, 2.75) is 54.4 Å². The molecule has 2 aromatic rings. The molecule has 0 saturated heterocycles. The molecule has 1 nitrogen and oxygen atoms in total. The second-order valence-corrected chi connectivity index (χ2v) is 6.87. The molecule has 0 saturated carbocycles. The van der Waals surface area contributed by atoms with Crippen LogP contribution in [0.4, 0.5) is 0 Å². The smallest absolute Gasteiger partial charge is 0.0506 e. The van der Waals surface area contributed by atoms with E-state index >= 15 is 0 Å². The molecule has 124 valence electrons. The molecule has 0 unspecified atom stereocenters. The number of aryl methyl sites for hydroxylation is 6. The predicted octanol–water partition coefficient (Wildman–Crippen LogP) is 5.34. The van der Waals surface area contributed by atoms with Crippen LogP contribution in [0.2, 0.25) is 0 Å². The molecule has 0 aromatic heterocycles. The van der Waals surface area contributed by atoms with Crippen LogP contribution in [0.3, 0.4) is 0 Å². The van der Waals surface area contributed by atoms with Crippen molar-refractivity contribution in [2.24, 2.45) is 0 Å². The third-order valence-corrected chi connectivity index (χ3v) is 4.67. The topological polar surface area (TPSA) is 9.23 Å². The first-order valence-electron chi connectivity index (χ1n) is 8.59. The maximum absolute atomic E-state index is 5.92. The summed E-state index contributed by atoms with van der Waals surface area (Å²) in [6.07, 6.45) is 2.01. The lowest BCUT2D eigenvalue weighted by Crippen LogP contribution is -2.07. The molecule has 0 aliphatic carbocycles. The van der Waals surface area contributed by atoms with Crippen LogP contribution < -0.4 is 0 Å². The monoisotopic (exact) mass is 310 g/mol. The highest BCUT2D eigenvalue weighted by molar-refractivity contribution is 5.38. The number of hydrogen-bond acceptors (Lipinski definition) is 1. The lowest BCUT2D eigenvalue weighted by atomic mass is 9.97. The van der Waals surface area contributed by atoms with Crippen LogP contribution in [-0.2, 0) is 17.6 Å². The molecule has 2 rings (SSSR count). The molecule has 0 aliphatic heterocycles. The van der Waals surface area contributed by atoms with Gasteiger partial charge in [-0.3, -0.25) is 0 Å². The van der Waals surface area contributed by atoms with Gasteiger partial charge >= 0.3 is 0 Å². The van der Waals surface area contributed by atoms with E-state index in [0.717, 1.165) is 26.1 Å². The van der Waals surface area contributed by atoms with Crippen LogP contribution in [0, 0.1) is 41.5 Å². The van der Waals surface area contributed by atoms with Crippen LogP contribution in [0.15, 0.2) is 24.3 Å². The fourth-order valence-corrected chi connectivity index (χ4v) is 3.66. The molecule has 0 bridgehead atoms. The molecule has 0 fully saturated rings. The highest BCUT2D eigenvalue weighted by Crippen LogP contribution is 2.18. The summed E-state index contributed by atoms with van der Waals surface area (Å²) in [7, 11) is 0. The van der Waals surface area contributed by atoms with Crippen molar-refractivity contribution in [3.63, 3.8) is 0 Å². The summed E-state index contributed by atoms with van der Waals surface area (Å²) < 4.78 is 5.92. The van der Waals surface area contributed by atoms with Gasteiger partial charge in [0, 0.05) is 0 Å². The zero-order valence-electron chi connectivity index (χ0n) is 15.5.